The molecule has 0 fully saturated rings. The lowest BCUT2D eigenvalue weighted by atomic mass is 10.1. The summed E-state index contributed by atoms with van der Waals surface area (Å²) in [6, 6.07) is 11.2. The summed E-state index contributed by atoms with van der Waals surface area (Å²) in [5.41, 5.74) is 3.60. The van der Waals surface area contributed by atoms with Gasteiger partial charge in [-0.3, -0.25) is 5.01 Å². The molecule has 0 heterocycles. The number of nitrogens with zero attached hydrogens (tertiary/aromatic N) is 2. The molecule has 0 amide bonds. The second-order valence-electron chi connectivity index (χ2n) is 5.69. The van der Waals surface area contributed by atoms with Gasteiger partial charge in [0, 0.05) is 39.4 Å². The minimum atomic E-state index is 0.131. The molecule has 24 heavy (non-hydrogen) atoms. The van der Waals surface area contributed by atoms with Crippen molar-refractivity contribution in [3.8, 4) is 0 Å². The first-order valence-corrected chi connectivity index (χ1v) is 8.73. The number of hydrogen-bond acceptors (Lipinski definition) is 3. The van der Waals surface area contributed by atoms with E-state index in [2.05, 4.69) is 19.2 Å². The summed E-state index contributed by atoms with van der Waals surface area (Å²) in [5.74, 6) is 0. The van der Waals surface area contributed by atoms with Gasteiger partial charge < -0.3 is 5.32 Å². The molecule has 1 N–H and O–H groups in total. The van der Waals surface area contributed by atoms with Gasteiger partial charge in [-0.2, -0.15) is 5.10 Å². The number of hydrogen-bond donors (Lipinski definition) is 1. The highest BCUT2D eigenvalue weighted by molar-refractivity contribution is 6.35. The smallest absolute Gasteiger partial charge is 0.0672 e. The molecule has 0 atom stereocenters. The van der Waals surface area contributed by atoms with Crippen molar-refractivity contribution in [2.45, 2.75) is 26.8 Å². The van der Waals surface area contributed by atoms with E-state index in [0.717, 1.165) is 22.6 Å². The Balaban J connectivity index is 2.49. The van der Waals surface area contributed by atoms with Crippen LogP contribution >= 0.6 is 34.8 Å². The van der Waals surface area contributed by atoms with Crippen LogP contribution < -0.4 is 10.3 Å². The highest BCUT2D eigenvalue weighted by atomic mass is 35.5. The lowest BCUT2D eigenvalue weighted by Crippen LogP contribution is -2.26. The van der Waals surface area contributed by atoms with Crippen molar-refractivity contribution in [2.24, 2.45) is 5.10 Å². The fourth-order valence-electron chi connectivity index (χ4n) is 2.39. The Morgan fingerprint density at radius 3 is 2.17 bits per heavy atom. The molecule has 2 aromatic rings. The van der Waals surface area contributed by atoms with Gasteiger partial charge in [-0.15, -0.1) is 0 Å². The fraction of sp³-hybridized carbons (Fsp3) is 0.278. The first-order chi connectivity index (χ1) is 11.3. The third-order valence-corrected chi connectivity index (χ3v) is 4.17. The van der Waals surface area contributed by atoms with Crippen LogP contribution in [0.1, 0.15) is 26.3 Å². The molecule has 6 heteroatoms. The van der Waals surface area contributed by atoms with Crippen LogP contribution in [0.2, 0.25) is 15.1 Å². The van der Waals surface area contributed by atoms with E-state index < -0.39 is 0 Å². The molecule has 0 aliphatic carbocycles. The van der Waals surface area contributed by atoms with E-state index in [-0.39, 0.29) is 6.04 Å². The Morgan fingerprint density at radius 2 is 1.62 bits per heavy atom. The Kier molecular flexibility index (Phi) is 6.39. The van der Waals surface area contributed by atoms with E-state index in [1.165, 1.54) is 0 Å². The molecule has 0 spiro atoms. The number of benzene rings is 2. The van der Waals surface area contributed by atoms with Gasteiger partial charge in [0.1, 0.15) is 0 Å². The first-order valence-electron chi connectivity index (χ1n) is 7.60. The van der Waals surface area contributed by atoms with Crippen LogP contribution in [0.25, 0.3) is 0 Å². The first kappa shape index (κ1) is 18.9. The molecule has 0 bridgehead atoms. The molecule has 2 aromatic carbocycles. The minimum absolute atomic E-state index is 0.131. The third kappa shape index (κ3) is 4.56. The molecule has 0 radical (unpaired) electrons. The largest absolute Gasteiger partial charge is 0.388 e. The maximum Gasteiger partial charge on any atom is 0.0672 e. The normalized spacial score (nSPS) is 11.8. The van der Waals surface area contributed by atoms with Crippen LogP contribution in [0.4, 0.5) is 11.4 Å². The summed E-state index contributed by atoms with van der Waals surface area (Å²) < 4.78 is 0. The molecule has 0 saturated carbocycles. The van der Waals surface area contributed by atoms with Crippen LogP contribution in [0.15, 0.2) is 41.5 Å². The zero-order valence-corrected chi connectivity index (χ0v) is 16.3. The van der Waals surface area contributed by atoms with Crippen molar-refractivity contribution < 1.29 is 0 Å². The zero-order chi connectivity index (χ0) is 17.9. The molecule has 0 aromatic heterocycles. The van der Waals surface area contributed by atoms with E-state index in [0.29, 0.717) is 15.1 Å². The number of halogens is 3. The summed E-state index contributed by atoms with van der Waals surface area (Å²) in [6.45, 7) is 6.07. The van der Waals surface area contributed by atoms with Crippen molar-refractivity contribution in [1.82, 2.24) is 0 Å². The average molecular weight is 385 g/mol. The molecule has 0 aliphatic heterocycles. The van der Waals surface area contributed by atoms with Crippen LogP contribution in [-0.2, 0) is 0 Å². The van der Waals surface area contributed by atoms with Crippen molar-refractivity contribution in [3.63, 3.8) is 0 Å². The summed E-state index contributed by atoms with van der Waals surface area (Å²) in [7, 11) is 1.87. The zero-order valence-electron chi connectivity index (χ0n) is 14.1. The molecule has 0 aliphatic rings. The third-order valence-electron chi connectivity index (χ3n) is 3.50. The van der Waals surface area contributed by atoms with Crippen molar-refractivity contribution >= 4 is 51.9 Å². The molecular formula is C18H20Cl3N3. The van der Waals surface area contributed by atoms with E-state index in [1.807, 2.05) is 49.3 Å². The van der Waals surface area contributed by atoms with Crippen molar-refractivity contribution in [2.75, 3.05) is 17.4 Å². The van der Waals surface area contributed by atoms with Gasteiger partial charge in [-0.1, -0.05) is 34.8 Å². The number of rotatable bonds is 5. The second kappa shape index (κ2) is 8.11. The minimum Gasteiger partial charge on any atom is -0.388 e. The van der Waals surface area contributed by atoms with Gasteiger partial charge in [0.25, 0.3) is 0 Å². The molecule has 0 saturated heterocycles. The van der Waals surface area contributed by atoms with Crippen molar-refractivity contribution in [3.05, 3.63) is 57.0 Å². The van der Waals surface area contributed by atoms with E-state index >= 15 is 0 Å². The summed E-state index contributed by atoms with van der Waals surface area (Å²) in [5, 5.41) is 11.7. The van der Waals surface area contributed by atoms with Crippen molar-refractivity contribution in [1.29, 1.82) is 0 Å². The standard InChI is InChI=1S/C18H20Cl3N3/c1-11(2)24(16-8-14(20)7-15(21)9-16)23-12(3)17-10-13(19)5-6-18(17)22-4/h5-11,22H,1-4H3/b23-12-. The summed E-state index contributed by atoms with van der Waals surface area (Å²) in [6.07, 6.45) is 0. The Morgan fingerprint density at radius 1 is 1.00 bits per heavy atom. The SMILES string of the molecule is CNc1ccc(Cl)cc1/C(C)=N\N(c1cc(Cl)cc(Cl)c1)C(C)C. The fourth-order valence-corrected chi connectivity index (χ4v) is 3.08. The van der Waals surface area contributed by atoms with Crippen LogP contribution in [0, 0.1) is 0 Å². The van der Waals surface area contributed by atoms with Gasteiger partial charge in [-0.25, -0.2) is 0 Å². The quantitative estimate of drug-likeness (QED) is 0.482. The highest BCUT2D eigenvalue weighted by Crippen LogP contribution is 2.28. The van der Waals surface area contributed by atoms with Gasteiger partial charge in [0.2, 0.25) is 0 Å². The maximum absolute atomic E-state index is 6.14. The van der Waals surface area contributed by atoms with Crippen LogP contribution in [-0.4, -0.2) is 18.8 Å². The van der Waals surface area contributed by atoms with Gasteiger partial charge in [0.05, 0.1) is 11.4 Å². The lowest BCUT2D eigenvalue weighted by molar-refractivity contribution is 0.713. The average Bonchev–Trinajstić information content (AvgIpc) is 2.51. The molecule has 2 rings (SSSR count). The number of hydrazone groups is 1. The monoisotopic (exact) mass is 383 g/mol. The molecule has 128 valence electrons. The molecule has 0 unspecified atom stereocenters. The number of nitrogens with one attached hydrogen (secondary N) is 1. The Labute approximate surface area is 158 Å². The predicted molar refractivity (Wildman–Crippen MR) is 107 cm³/mol. The predicted octanol–water partition coefficient (Wildman–Crippen LogP) is 6.33. The molecular weight excluding hydrogens is 365 g/mol. The van der Waals surface area contributed by atoms with E-state index in [9.17, 15) is 0 Å². The maximum atomic E-state index is 6.14. The number of anilines is 2. The highest BCUT2D eigenvalue weighted by Gasteiger charge is 2.14. The topological polar surface area (TPSA) is 27.6 Å². The van der Waals surface area contributed by atoms with Crippen LogP contribution in [0.5, 0.6) is 0 Å². The van der Waals surface area contributed by atoms with Gasteiger partial charge in [-0.05, 0) is 57.2 Å². The van der Waals surface area contributed by atoms with Crippen LogP contribution in [0.3, 0.4) is 0 Å². The summed E-state index contributed by atoms with van der Waals surface area (Å²) in [4.78, 5) is 0. The Hall–Kier alpha value is -1.42. The van der Waals surface area contributed by atoms with Gasteiger partial charge >= 0.3 is 0 Å². The lowest BCUT2D eigenvalue weighted by Gasteiger charge is -2.25. The summed E-state index contributed by atoms with van der Waals surface area (Å²) >= 11 is 18.4. The second-order valence-corrected chi connectivity index (χ2v) is 7.00. The van der Waals surface area contributed by atoms with Gasteiger partial charge in [0.15, 0.2) is 0 Å². The Bertz CT molecular complexity index is 737. The van der Waals surface area contributed by atoms with E-state index in [1.54, 1.807) is 6.07 Å². The molecule has 3 nitrogen and oxygen atoms in total. The van der Waals surface area contributed by atoms with E-state index in [4.69, 9.17) is 39.9 Å².